The van der Waals surface area contributed by atoms with Gasteiger partial charge < -0.3 is 19.1 Å². The van der Waals surface area contributed by atoms with E-state index in [0.29, 0.717) is 32.1 Å². The van der Waals surface area contributed by atoms with Crippen molar-refractivity contribution in [2.45, 2.75) is 33.1 Å². The second-order valence-electron chi connectivity index (χ2n) is 6.04. The summed E-state index contributed by atoms with van der Waals surface area (Å²) in [6, 6.07) is 7.23. The largest absolute Gasteiger partial charge is 0.494 e. The van der Waals surface area contributed by atoms with Gasteiger partial charge in [0.2, 0.25) is 0 Å². The minimum absolute atomic E-state index is 0.0370. The summed E-state index contributed by atoms with van der Waals surface area (Å²) in [5, 5.41) is 0. The van der Waals surface area contributed by atoms with Gasteiger partial charge in [-0.15, -0.1) is 0 Å². The molecule has 1 heterocycles. The summed E-state index contributed by atoms with van der Waals surface area (Å²) < 4.78 is 16.1. The van der Waals surface area contributed by atoms with E-state index in [0.717, 1.165) is 25.0 Å². The van der Waals surface area contributed by atoms with Gasteiger partial charge in [0.1, 0.15) is 11.5 Å². The number of carbonyl (C=O) groups excluding carboxylic acids is 2. The minimum atomic E-state index is -0.229. The summed E-state index contributed by atoms with van der Waals surface area (Å²) in [5.74, 6) is 0.849. The zero-order valence-corrected chi connectivity index (χ0v) is 15.0. The van der Waals surface area contributed by atoms with E-state index < -0.39 is 0 Å². The lowest BCUT2D eigenvalue weighted by Crippen LogP contribution is -2.44. The smallest absolute Gasteiger partial charge is 0.310 e. The molecule has 6 nitrogen and oxygen atoms in total. The number of likely N-dealkylation sites (tertiary alicyclic amines) is 1. The zero-order chi connectivity index (χ0) is 18.1. The molecule has 1 aliphatic heterocycles. The summed E-state index contributed by atoms with van der Waals surface area (Å²) in [6.07, 6.45) is 2.52. The van der Waals surface area contributed by atoms with Crippen molar-refractivity contribution in [1.29, 1.82) is 0 Å². The predicted octanol–water partition coefficient (Wildman–Crippen LogP) is 2.66. The molecule has 1 aliphatic rings. The number of benzene rings is 1. The van der Waals surface area contributed by atoms with Gasteiger partial charge in [-0.25, -0.2) is 0 Å². The molecule has 1 atom stereocenters. The highest BCUT2D eigenvalue weighted by Gasteiger charge is 2.29. The summed E-state index contributed by atoms with van der Waals surface area (Å²) in [4.78, 5) is 25.9. The fraction of sp³-hybridized carbons (Fsp3) is 0.579. The first-order valence-corrected chi connectivity index (χ1v) is 8.94. The summed E-state index contributed by atoms with van der Waals surface area (Å²) in [7, 11) is 0. The van der Waals surface area contributed by atoms with Gasteiger partial charge in [0.15, 0.2) is 6.61 Å². The van der Waals surface area contributed by atoms with Crippen LogP contribution >= 0.6 is 0 Å². The highest BCUT2D eigenvalue weighted by atomic mass is 16.5. The van der Waals surface area contributed by atoms with Gasteiger partial charge in [0.05, 0.1) is 19.1 Å². The number of amides is 1. The summed E-state index contributed by atoms with van der Waals surface area (Å²) in [5.41, 5.74) is 0. The molecular weight excluding hydrogens is 322 g/mol. The van der Waals surface area contributed by atoms with Crippen LogP contribution < -0.4 is 9.47 Å². The molecule has 1 saturated heterocycles. The highest BCUT2D eigenvalue weighted by molar-refractivity contribution is 5.79. The van der Waals surface area contributed by atoms with Crippen molar-refractivity contribution in [3.8, 4) is 11.5 Å². The predicted molar refractivity (Wildman–Crippen MR) is 93.7 cm³/mol. The maximum atomic E-state index is 12.3. The lowest BCUT2D eigenvalue weighted by molar-refractivity contribution is -0.151. The second kappa shape index (κ2) is 9.91. The molecule has 0 radical (unpaired) electrons. The van der Waals surface area contributed by atoms with Gasteiger partial charge in [-0.1, -0.05) is 6.92 Å². The third-order valence-corrected chi connectivity index (χ3v) is 4.05. The minimum Gasteiger partial charge on any atom is -0.494 e. The molecule has 2 rings (SSSR count). The Morgan fingerprint density at radius 1 is 1.12 bits per heavy atom. The Morgan fingerprint density at radius 2 is 1.80 bits per heavy atom. The topological polar surface area (TPSA) is 65.1 Å². The SMILES string of the molecule is CCCOc1ccc(OCC(=O)N2CCC[C@@H](C(=O)OCC)C2)cc1. The molecule has 0 aromatic heterocycles. The first-order chi connectivity index (χ1) is 12.1. The van der Waals surface area contributed by atoms with Crippen LogP contribution in [-0.2, 0) is 14.3 Å². The van der Waals surface area contributed by atoms with Crippen LogP contribution in [0.2, 0.25) is 0 Å². The van der Waals surface area contributed by atoms with E-state index in [1.165, 1.54) is 0 Å². The van der Waals surface area contributed by atoms with Crippen molar-refractivity contribution in [1.82, 2.24) is 4.90 Å². The number of hydrogen-bond donors (Lipinski definition) is 0. The molecule has 0 saturated carbocycles. The van der Waals surface area contributed by atoms with Crippen LogP contribution in [0.1, 0.15) is 33.1 Å². The van der Waals surface area contributed by atoms with E-state index in [2.05, 4.69) is 6.92 Å². The van der Waals surface area contributed by atoms with E-state index in [1.54, 1.807) is 24.0 Å². The third-order valence-electron chi connectivity index (χ3n) is 4.05. The number of rotatable bonds is 8. The number of hydrogen-bond acceptors (Lipinski definition) is 5. The van der Waals surface area contributed by atoms with Crippen LogP contribution in [0.25, 0.3) is 0 Å². The average Bonchev–Trinajstić information content (AvgIpc) is 2.65. The van der Waals surface area contributed by atoms with Gasteiger partial charge in [0, 0.05) is 13.1 Å². The van der Waals surface area contributed by atoms with Crippen molar-refractivity contribution in [3.63, 3.8) is 0 Å². The van der Waals surface area contributed by atoms with Gasteiger partial charge in [-0.2, -0.15) is 0 Å². The van der Waals surface area contributed by atoms with E-state index in [9.17, 15) is 9.59 Å². The Balaban J connectivity index is 1.80. The molecule has 0 spiro atoms. The Labute approximate surface area is 149 Å². The molecular formula is C19H27NO5. The molecule has 25 heavy (non-hydrogen) atoms. The quantitative estimate of drug-likeness (QED) is 0.675. The molecule has 0 N–H and O–H groups in total. The van der Waals surface area contributed by atoms with Crippen molar-refractivity contribution < 1.29 is 23.8 Å². The molecule has 138 valence electrons. The molecule has 0 unspecified atom stereocenters. The van der Waals surface area contributed by atoms with Crippen LogP contribution in [-0.4, -0.2) is 49.7 Å². The fourth-order valence-electron chi connectivity index (χ4n) is 2.74. The van der Waals surface area contributed by atoms with E-state index in [1.807, 2.05) is 12.1 Å². The lowest BCUT2D eigenvalue weighted by Gasteiger charge is -2.31. The van der Waals surface area contributed by atoms with Crippen molar-refractivity contribution in [3.05, 3.63) is 24.3 Å². The summed E-state index contributed by atoms with van der Waals surface area (Å²) in [6.45, 7) is 5.91. The summed E-state index contributed by atoms with van der Waals surface area (Å²) >= 11 is 0. The molecule has 1 aromatic carbocycles. The van der Waals surface area contributed by atoms with Gasteiger partial charge in [-0.05, 0) is 50.5 Å². The highest BCUT2D eigenvalue weighted by Crippen LogP contribution is 2.20. The maximum Gasteiger partial charge on any atom is 0.310 e. The second-order valence-corrected chi connectivity index (χ2v) is 6.04. The standard InChI is InChI=1S/C19H27NO5/c1-3-12-24-16-7-9-17(10-8-16)25-14-18(21)20-11-5-6-15(13-20)19(22)23-4-2/h7-10,15H,3-6,11-14H2,1-2H3/t15-/m1/s1. The Morgan fingerprint density at radius 3 is 2.44 bits per heavy atom. The third kappa shape index (κ3) is 5.96. The Bertz CT molecular complexity index is 557. The van der Waals surface area contributed by atoms with Crippen molar-refractivity contribution in [2.24, 2.45) is 5.92 Å². The molecule has 1 aromatic rings. The first kappa shape index (κ1) is 19.1. The average molecular weight is 349 g/mol. The van der Waals surface area contributed by atoms with E-state index in [4.69, 9.17) is 14.2 Å². The molecule has 0 aliphatic carbocycles. The Hall–Kier alpha value is -2.24. The van der Waals surface area contributed by atoms with E-state index in [-0.39, 0.29) is 24.4 Å². The van der Waals surface area contributed by atoms with Crippen LogP contribution in [0.3, 0.4) is 0 Å². The van der Waals surface area contributed by atoms with E-state index >= 15 is 0 Å². The van der Waals surface area contributed by atoms with Crippen LogP contribution in [0, 0.1) is 5.92 Å². The first-order valence-electron chi connectivity index (χ1n) is 8.94. The molecule has 1 fully saturated rings. The number of nitrogens with zero attached hydrogens (tertiary/aromatic N) is 1. The van der Waals surface area contributed by atoms with Gasteiger partial charge in [0.25, 0.3) is 5.91 Å². The number of carbonyl (C=O) groups is 2. The van der Waals surface area contributed by atoms with Gasteiger partial charge >= 0.3 is 5.97 Å². The van der Waals surface area contributed by atoms with Gasteiger partial charge in [-0.3, -0.25) is 9.59 Å². The van der Waals surface area contributed by atoms with Crippen LogP contribution in [0.15, 0.2) is 24.3 Å². The van der Waals surface area contributed by atoms with Crippen molar-refractivity contribution in [2.75, 3.05) is 32.9 Å². The normalized spacial score (nSPS) is 17.0. The number of piperidine rings is 1. The molecule has 1 amide bonds. The van der Waals surface area contributed by atoms with Crippen LogP contribution in [0.4, 0.5) is 0 Å². The number of esters is 1. The number of ether oxygens (including phenoxy) is 3. The maximum absolute atomic E-state index is 12.3. The monoisotopic (exact) mass is 349 g/mol. The molecule has 6 heteroatoms. The lowest BCUT2D eigenvalue weighted by atomic mass is 9.98. The van der Waals surface area contributed by atoms with Crippen molar-refractivity contribution >= 4 is 11.9 Å². The fourth-order valence-corrected chi connectivity index (χ4v) is 2.74. The Kier molecular flexibility index (Phi) is 7.57. The molecule has 0 bridgehead atoms. The zero-order valence-electron chi connectivity index (χ0n) is 15.0. The van der Waals surface area contributed by atoms with Crippen LogP contribution in [0.5, 0.6) is 11.5 Å².